The third kappa shape index (κ3) is 3.41. The van der Waals surface area contributed by atoms with Crippen molar-refractivity contribution < 1.29 is 9.53 Å². The van der Waals surface area contributed by atoms with Gasteiger partial charge < -0.3 is 20.7 Å². The normalized spacial score (nSPS) is 18.6. The third-order valence-electron chi connectivity index (χ3n) is 3.50. The molecule has 1 aromatic rings. The Morgan fingerprint density at radius 2 is 2.24 bits per heavy atom. The van der Waals surface area contributed by atoms with Crippen LogP contribution >= 0.6 is 0 Å². The average molecular weight is 293 g/mol. The monoisotopic (exact) mass is 293 g/mol. The predicted octanol–water partition coefficient (Wildman–Crippen LogP) is 0.606. The molecule has 1 aliphatic heterocycles. The van der Waals surface area contributed by atoms with Crippen molar-refractivity contribution in [2.24, 2.45) is 5.73 Å². The van der Waals surface area contributed by atoms with Crippen molar-refractivity contribution in [2.75, 3.05) is 36.5 Å². The maximum Gasteiger partial charge on any atom is 0.242 e. The highest BCUT2D eigenvalue weighted by Crippen LogP contribution is 2.26. The van der Waals surface area contributed by atoms with Crippen LogP contribution in [0.1, 0.15) is 24.7 Å². The molecule has 1 aromatic heterocycles. The van der Waals surface area contributed by atoms with Gasteiger partial charge in [0.1, 0.15) is 23.5 Å². The van der Waals surface area contributed by atoms with Crippen molar-refractivity contribution in [3.63, 3.8) is 0 Å². The molecule has 0 saturated carbocycles. The number of primary amides is 1. The summed E-state index contributed by atoms with van der Waals surface area (Å²) in [6.07, 6.45) is 1.01. The van der Waals surface area contributed by atoms with Crippen LogP contribution in [0.15, 0.2) is 0 Å². The zero-order valence-corrected chi connectivity index (χ0v) is 12.8. The molecule has 0 bridgehead atoms. The molecule has 21 heavy (non-hydrogen) atoms. The number of anilines is 2. The molecule has 1 aliphatic rings. The van der Waals surface area contributed by atoms with Gasteiger partial charge in [-0.2, -0.15) is 0 Å². The molecule has 2 heterocycles. The van der Waals surface area contributed by atoms with Crippen LogP contribution in [0.25, 0.3) is 0 Å². The van der Waals surface area contributed by atoms with E-state index >= 15 is 0 Å². The Kier molecular flexibility index (Phi) is 4.95. The molecule has 0 radical (unpaired) electrons. The van der Waals surface area contributed by atoms with Gasteiger partial charge in [0.2, 0.25) is 5.91 Å². The van der Waals surface area contributed by atoms with Crippen molar-refractivity contribution in [3.05, 3.63) is 11.4 Å². The number of carbonyl (C=O) groups is 1. The van der Waals surface area contributed by atoms with Crippen molar-refractivity contribution in [2.45, 2.75) is 33.2 Å². The van der Waals surface area contributed by atoms with Crippen LogP contribution in [0.2, 0.25) is 0 Å². The summed E-state index contributed by atoms with van der Waals surface area (Å²) in [4.78, 5) is 22.5. The molecular formula is C14H23N5O2. The largest absolute Gasteiger partial charge is 0.377 e. The van der Waals surface area contributed by atoms with Gasteiger partial charge in [0.25, 0.3) is 0 Å². The molecule has 0 aromatic carbocycles. The van der Waals surface area contributed by atoms with Crippen molar-refractivity contribution >= 4 is 17.5 Å². The van der Waals surface area contributed by atoms with E-state index in [1.165, 1.54) is 0 Å². The highest BCUT2D eigenvalue weighted by atomic mass is 16.5. The van der Waals surface area contributed by atoms with Gasteiger partial charge in [-0.25, -0.2) is 9.97 Å². The first-order chi connectivity index (χ1) is 10.0. The second-order valence-electron chi connectivity index (χ2n) is 5.18. The van der Waals surface area contributed by atoms with Crippen LogP contribution in [-0.4, -0.2) is 48.2 Å². The fraction of sp³-hybridized carbons (Fsp3) is 0.643. The van der Waals surface area contributed by atoms with Crippen LogP contribution in [-0.2, 0) is 9.53 Å². The molecule has 0 spiro atoms. The summed E-state index contributed by atoms with van der Waals surface area (Å²) in [5.74, 6) is 1.85. The summed E-state index contributed by atoms with van der Waals surface area (Å²) in [7, 11) is 0. The molecule has 116 valence electrons. The molecule has 1 atom stereocenters. The number of morpholine rings is 1. The molecule has 1 saturated heterocycles. The maximum atomic E-state index is 11.6. The van der Waals surface area contributed by atoms with Gasteiger partial charge in [0.05, 0.1) is 13.2 Å². The van der Waals surface area contributed by atoms with Crippen LogP contribution in [0, 0.1) is 13.8 Å². The molecule has 1 amide bonds. The number of hydrogen-bond donors (Lipinski definition) is 2. The zero-order valence-electron chi connectivity index (χ0n) is 12.8. The molecule has 0 aliphatic carbocycles. The van der Waals surface area contributed by atoms with Gasteiger partial charge in [-0.05, 0) is 20.3 Å². The van der Waals surface area contributed by atoms with E-state index in [4.69, 9.17) is 10.5 Å². The number of nitrogens with zero attached hydrogens (tertiary/aromatic N) is 3. The Morgan fingerprint density at radius 1 is 1.48 bits per heavy atom. The van der Waals surface area contributed by atoms with Crippen LogP contribution < -0.4 is 16.0 Å². The van der Waals surface area contributed by atoms with E-state index in [-0.39, 0.29) is 0 Å². The first-order valence-corrected chi connectivity index (χ1v) is 7.27. The number of aromatic nitrogens is 2. The summed E-state index contributed by atoms with van der Waals surface area (Å²) in [6.45, 7) is 8.21. The summed E-state index contributed by atoms with van der Waals surface area (Å²) in [5.41, 5.74) is 6.41. The van der Waals surface area contributed by atoms with Crippen LogP contribution in [0.3, 0.4) is 0 Å². The second kappa shape index (κ2) is 6.71. The lowest BCUT2D eigenvalue weighted by Crippen LogP contribution is -2.53. The van der Waals surface area contributed by atoms with Gasteiger partial charge in [-0.15, -0.1) is 0 Å². The van der Waals surface area contributed by atoms with E-state index in [0.717, 1.165) is 30.2 Å². The van der Waals surface area contributed by atoms with Crippen LogP contribution in [0.4, 0.5) is 11.6 Å². The first-order valence-electron chi connectivity index (χ1n) is 7.27. The van der Waals surface area contributed by atoms with E-state index in [2.05, 4.69) is 22.2 Å². The van der Waals surface area contributed by atoms with Gasteiger partial charge in [0.15, 0.2) is 0 Å². The van der Waals surface area contributed by atoms with Gasteiger partial charge in [-0.1, -0.05) is 6.92 Å². The van der Waals surface area contributed by atoms with Crippen LogP contribution in [0.5, 0.6) is 0 Å². The number of rotatable bonds is 5. The molecule has 1 unspecified atom stereocenters. The highest BCUT2D eigenvalue weighted by molar-refractivity contribution is 5.84. The van der Waals surface area contributed by atoms with E-state index in [9.17, 15) is 4.79 Å². The van der Waals surface area contributed by atoms with E-state index < -0.39 is 11.9 Å². The van der Waals surface area contributed by atoms with Crippen molar-refractivity contribution in [3.8, 4) is 0 Å². The SMILES string of the molecule is CCCNc1nc(C)nc(N2CCOCC2C(N)=O)c1C. The predicted molar refractivity (Wildman–Crippen MR) is 81.4 cm³/mol. The van der Waals surface area contributed by atoms with Crippen molar-refractivity contribution in [1.82, 2.24) is 9.97 Å². The molecule has 2 rings (SSSR count). The second-order valence-corrected chi connectivity index (χ2v) is 5.18. The molecule has 7 nitrogen and oxygen atoms in total. The minimum Gasteiger partial charge on any atom is -0.377 e. The Bertz CT molecular complexity index is 520. The smallest absolute Gasteiger partial charge is 0.242 e. The fourth-order valence-corrected chi connectivity index (χ4v) is 2.40. The van der Waals surface area contributed by atoms with Gasteiger partial charge in [0, 0.05) is 18.7 Å². The zero-order chi connectivity index (χ0) is 15.4. The minimum absolute atomic E-state index is 0.301. The Morgan fingerprint density at radius 3 is 2.90 bits per heavy atom. The number of carbonyl (C=O) groups excluding carboxylic acids is 1. The maximum absolute atomic E-state index is 11.6. The highest BCUT2D eigenvalue weighted by Gasteiger charge is 2.30. The minimum atomic E-state index is -0.481. The molecule has 3 N–H and O–H groups in total. The molecular weight excluding hydrogens is 270 g/mol. The number of hydrogen-bond acceptors (Lipinski definition) is 6. The van der Waals surface area contributed by atoms with Crippen molar-refractivity contribution in [1.29, 1.82) is 0 Å². The summed E-state index contributed by atoms with van der Waals surface area (Å²) in [6, 6.07) is -0.481. The Balaban J connectivity index is 2.37. The molecule has 7 heteroatoms. The molecule has 1 fully saturated rings. The summed E-state index contributed by atoms with van der Waals surface area (Å²) < 4.78 is 5.36. The van der Waals surface area contributed by atoms with E-state index in [1.807, 2.05) is 18.7 Å². The number of nitrogens with one attached hydrogen (secondary N) is 1. The third-order valence-corrected chi connectivity index (χ3v) is 3.50. The number of aryl methyl sites for hydroxylation is 1. The lowest BCUT2D eigenvalue weighted by Gasteiger charge is -2.35. The standard InChI is InChI=1S/C14H23N5O2/c1-4-5-16-13-9(2)14(18-10(3)17-13)19-6-7-21-8-11(19)12(15)20/h11H,4-8H2,1-3H3,(H2,15,20)(H,16,17,18). The summed E-state index contributed by atoms with van der Waals surface area (Å²) >= 11 is 0. The summed E-state index contributed by atoms with van der Waals surface area (Å²) in [5, 5.41) is 3.30. The van der Waals surface area contributed by atoms with Gasteiger partial charge >= 0.3 is 0 Å². The average Bonchev–Trinajstić information content (AvgIpc) is 2.47. The van der Waals surface area contributed by atoms with E-state index in [1.54, 1.807) is 0 Å². The lowest BCUT2D eigenvalue weighted by molar-refractivity contribution is -0.121. The fourth-order valence-electron chi connectivity index (χ4n) is 2.40. The quantitative estimate of drug-likeness (QED) is 0.826. The number of nitrogens with two attached hydrogens (primary N) is 1. The topological polar surface area (TPSA) is 93.4 Å². The first kappa shape index (κ1) is 15.5. The van der Waals surface area contributed by atoms with E-state index in [0.29, 0.717) is 25.6 Å². The number of ether oxygens (including phenoxy) is 1. The lowest BCUT2D eigenvalue weighted by atomic mass is 10.2. The number of amides is 1. The Labute approximate surface area is 124 Å². The van der Waals surface area contributed by atoms with Gasteiger partial charge in [-0.3, -0.25) is 4.79 Å². The Hall–Kier alpha value is -1.89.